The Bertz CT molecular complexity index is 501. The van der Waals surface area contributed by atoms with Crippen LogP contribution in [-0.4, -0.2) is 25.9 Å². The summed E-state index contributed by atoms with van der Waals surface area (Å²) in [5.41, 5.74) is 1.21. The Morgan fingerprint density at radius 1 is 0.947 bits per heavy atom. The monoisotopic (exact) mass is 254 g/mol. The number of hydrogen-bond donors (Lipinski definition) is 1. The van der Waals surface area contributed by atoms with Crippen molar-refractivity contribution in [2.45, 2.75) is 6.23 Å². The number of benzene rings is 2. The summed E-state index contributed by atoms with van der Waals surface area (Å²) in [5.74, 6) is 0.914. The van der Waals surface area contributed by atoms with Crippen molar-refractivity contribution < 1.29 is 4.74 Å². The van der Waals surface area contributed by atoms with Crippen molar-refractivity contribution in [3.8, 4) is 5.75 Å². The number of nitrogens with zero attached hydrogens (tertiary/aromatic N) is 1. The molecule has 1 atom stereocenters. The Morgan fingerprint density at radius 2 is 1.63 bits per heavy atom. The fourth-order valence-electron chi connectivity index (χ4n) is 2.36. The van der Waals surface area contributed by atoms with Crippen LogP contribution in [0.1, 0.15) is 0 Å². The molecule has 0 amide bonds. The molecule has 19 heavy (non-hydrogen) atoms. The van der Waals surface area contributed by atoms with E-state index < -0.39 is 0 Å². The zero-order valence-electron chi connectivity index (χ0n) is 10.8. The van der Waals surface area contributed by atoms with Gasteiger partial charge in [-0.05, 0) is 24.3 Å². The molecule has 1 N–H and O–H groups in total. The molecule has 0 spiro atoms. The lowest BCUT2D eigenvalue weighted by atomic mass is 10.2. The van der Waals surface area contributed by atoms with Crippen LogP contribution in [0.2, 0.25) is 0 Å². The maximum absolute atomic E-state index is 6.09. The molecule has 0 radical (unpaired) electrons. The van der Waals surface area contributed by atoms with Gasteiger partial charge >= 0.3 is 0 Å². The third-order valence-electron chi connectivity index (χ3n) is 3.30. The lowest BCUT2D eigenvalue weighted by Crippen LogP contribution is -2.54. The van der Waals surface area contributed by atoms with E-state index in [9.17, 15) is 0 Å². The molecule has 1 fully saturated rings. The highest BCUT2D eigenvalue weighted by molar-refractivity contribution is 5.47. The van der Waals surface area contributed by atoms with Crippen molar-refractivity contribution in [2.75, 3.05) is 24.5 Å². The zero-order chi connectivity index (χ0) is 12.9. The van der Waals surface area contributed by atoms with Gasteiger partial charge in [0.2, 0.25) is 0 Å². The first-order chi connectivity index (χ1) is 9.43. The first-order valence-corrected chi connectivity index (χ1v) is 6.67. The summed E-state index contributed by atoms with van der Waals surface area (Å²) < 4.78 is 6.09. The third-order valence-corrected chi connectivity index (χ3v) is 3.30. The normalized spacial score (nSPS) is 19.2. The Kier molecular flexibility index (Phi) is 3.65. The number of anilines is 1. The van der Waals surface area contributed by atoms with Crippen LogP contribution in [0, 0.1) is 0 Å². The second-order valence-electron chi connectivity index (χ2n) is 4.62. The van der Waals surface area contributed by atoms with Crippen LogP contribution in [0.4, 0.5) is 5.69 Å². The van der Waals surface area contributed by atoms with Crippen molar-refractivity contribution in [2.24, 2.45) is 0 Å². The van der Waals surface area contributed by atoms with E-state index in [1.54, 1.807) is 0 Å². The van der Waals surface area contributed by atoms with E-state index in [4.69, 9.17) is 4.74 Å². The van der Waals surface area contributed by atoms with Crippen molar-refractivity contribution in [3.63, 3.8) is 0 Å². The maximum Gasteiger partial charge on any atom is 0.184 e. The Balaban J connectivity index is 1.78. The molecular formula is C16H18N2O. The quantitative estimate of drug-likeness (QED) is 0.911. The fourth-order valence-corrected chi connectivity index (χ4v) is 2.36. The predicted molar refractivity (Wildman–Crippen MR) is 77.5 cm³/mol. The topological polar surface area (TPSA) is 24.5 Å². The standard InChI is InChI=1S/C16H18N2O/c1-3-7-14(8-4-1)18-12-11-17-13-16(18)19-15-9-5-2-6-10-15/h1-10,16-17H,11-13H2. The van der Waals surface area contributed by atoms with Crippen LogP contribution in [0.25, 0.3) is 0 Å². The van der Waals surface area contributed by atoms with E-state index in [0.29, 0.717) is 0 Å². The van der Waals surface area contributed by atoms with Crippen molar-refractivity contribution in [1.82, 2.24) is 5.32 Å². The molecule has 0 bridgehead atoms. The van der Waals surface area contributed by atoms with Gasteiger partial charge in [-0.3, -0.25) is 0 Å². The van der Waals surface area contributed by atoms with Crippen molar-refractivity contribution >= 4 is 5.69 Å². The average molecular weight is 254 g/mol. The molecule has 0 saturated carbocycles. The number of piperazine rings is 1. The zero-order valence-corrected chi connectivity index (χ0v) is 10.8. The molecule has 1 heterocycles. The van der Waals surface area contributed by atoms with Gasteiger partial charge < -0.3 is 15.0 Å². The Labute approximate surface area is 113 Å². The van der Waals surface area contributed by atoms with Gasteiger partial charge in [0.1, 0.15) is 5.75 Å². The molecule has 1 saturated heterocycles. The van der Waals surface area contributed by atoms with E-state index in [0.717, 1.165) is 25.4 Å². The van der Waals surface area contributed by atoms with E-state index in [-0.39, 0.29) is 6.23 Å². The third kappa shape index (κ3) is 2.88. The van der Waals surface area contributed by atoms with Gasteiger partial charge in [-0.25, -0.2) is 0 Å². The van der Waals surface area contributed by atoms with Gasteiger partial charge in [0.05, 0.1) is 6.54 Å². The summed E-state index contributed by atoms with van der Waals surface area (Å²) in [6, 6.07) is 20.4. The van der Waals surface area contributed by atoms with Gasteiger partial charge in [0, 0.05) is 18.8 Å². The first-order valence-electron chi connectivity index (χ1n) is 6.67. The summed E-state index contributed by atoms with van der Waals surface area (Å²) in [6.45, 7) is 2.79. The number of ether oxygens (including phenoxy) is 1. The van der Waals surface area contributed by atoms with Crippen LogP contribution in [0.5, 0.6) is 5.75 Å². The van der Waals surface area contributed by atoms with Gasteiger partial charge in [-0.1, -0.05) is 36.4 Å². The number of nitrogens with one attached hydrogen (secondary N) is 1. The van der Waals surface area contributed by atoms with Gasteiger partial charge in [-0.2, -0.15) is 0 Å². The van der Waals surface area contributed by atoms with E-state index >= 15 is 0 Å². The highest BCUT2D eigenvalue weighted by Crippen LogP contribution is 2.20. The fraction of sp³-hybridized carbons (Fsp3) is 0.250. The molecular weight excluding hydrogens is 236 g/mol. The van der Waals surface area contributed by atoms with Crippen LogP contribution in [-0.2, 0) is 0 Å². The van der Waals surface area contributed by atoms with E-state index in [1.807, 2.05) is 36.4 Å². The second-order valence-corrected chi connectivity index (χ2v) is 4.62. The van der Waals surface area contributed by atoms with Crippen LogP contribution in [0.3, 0.4) is 0 Å². The largest absolute Gasteiger partial charge is 0.469 e. The predicted octanol–water partition coefficient (Wildman–Crippen LogP) is 2.50. The first kappa shape index (κ1) is 12.1. The minimum Gasteiger partial charge on any atom is -0.469 e. The minimum absolute atomic E-state index is 0.0403. The number of rotatable bonds is 3. The van der Waals surface area contributed by atoms with Gasteiger partial charge in [0.15, 0.2) is 6.23 Å². The maximum atomic E-state index is 6.09. The molecule has 0 aromatic heterocycles. The lowest BCUT2D eigenvalue weighted by molar-refractivity contribution is 0.176. The molecule has 3 rings (SSSR count). The summed E-state index contributed by atoms with van der Waals surface area (Å²) in [7, 11) is 0. The molecule has 3 nitrogen and oxygen atoms in total. The summed E-state index contributed by atoms with van der Waals surface area (Å²) in [5, 5.41) is 3.39. The molecule has 98 valence electrons. The van der Waals surface area contributed by atoms with Gasteiger partial charge in [-0.15, -0.1) is 0 Å². The SMILES string of the molecule is c1ccc(OC2CNCCN2c2ccccc2)cc1. The molecule has 2 aromatic carbocycles. The van der Waals surface area contributed by atoms with Crippen molar-refractivity contribution in [3.05, 3.63) is 60.7 Å². The van der Waals surface area contributed by atoms with Crippen LogP contribution < -0.4 is 15.0 Å². The molecule has 1 aliphatic rings. The van der Waals surface area contributed by atoms with E-state index in [2.05, 4.69) is 34.5 Å². The highest BCUT2D eigenvalue weighted by atomic mass is 16.5. The molecule has 3 heteroatoms. The molecule has 1 aliphatic heterocycles. The van der Waals surface area contributed by atoms with Crippen LogP contribution in [0.15, 0.2) is 60.7 Å². The smallest absolute Gasteiger partial charge is 0.184 e. The van der Waals surface area contributed by atoms with E-state index in [1.165, 1.54) is 5.69 Å². The summed E-state index contributed by atoms with van der Waals surface area (Å²) in [4.78, 5) is 2.31. The Hall–Kier alpha value is -2.00. The minimum atomic E-state index is 0.0403. The second kappa shape index (κ2) is 5.76. The summed E-state index contributed by atoms with van der Waals surface area (Å²) >= 11 is 0. The van der Waals surface area contributed by atoms with Crippen LogP contribution >= 0.6 is 0 Å². The Morgan fingerprint density at radius 3 is 2.37 bits per heavy atom. The number of para-hydroxylation sites is 2. The highest BCUT2D eigenvalue weighted by Gasteiger charge is 2.23. The van der Waals surface area contributed by atoms with Gasteiger partial charge in [0.25, 0.3) is 0 Å². The molecule has 2 aromatic rings. The number of hydrogen-bond acceptors (Lipinski definition) is 3. The molecule has 1 unspecified atom stereocenters. The van der Waals surface area contributed by atoms with Crippen molar-refractivity contribution in [1.29, 1.82) is 0 Å². The lowest BCUT2D eigenvalue weighted by Gasteiger charge is -2.37. The average Bonchev–Trinajstić information content (AvgIpc) is 2.50. The summed E-state index contributed by atoms with van der Waals surface area (Å²) in [6.07, 6.45) is 0.0403. The molecule has 0 aliphatic carbocycles.